The van der Waals surface area contributed by atoms with Crippen LogP contribution in [0.5, 0.6) is 0 Å². The van der Waals surface area contributed by atoms with Gasteiger partial charge in [0.25, 0.3) is 17.4 Å². The summed E-state index contributed by atoms with van der Waals surface area (Å²) in [6, 6.07) is 14.4. The number of aromatic nitrogens is 1. The van der Waals surface area contributed by atoms with Crippen LogP contribution in [0.4, 0.5) is 5.69 Å². The number of hydrogen-bond acceptors (Lipinski definition) is 4. The predicted octanol–water partition coefficient (Wildman–Crippen LogP) is 3.58. The molecule has 0 saturated heterocycles. The Morgan fingerprint density at radius 2 is 1.83 bits per heavy atom. The van der Waals surface area contributed by atoms with Crippen molar-refractivity contribution < 1.29 is 9.59 Å². The average Bonchev–Trinajstić information content (AvgIpc) is 3.27. The summed E-state index contributed by atoms with van der Waals surface area (Å²) in [5.41, 5.74) is 0.243. The molecule has 4 rings (SSSR count). The normalized spacial score (nSPS) is 15.0. The fourth-order valence-corrected chi connectivity index (χ4v) is 3.35. The van der Waals surface area contributed by atoms with E-state index in [2.05, 4.69) is 4.99 Å². The minimum Gasteiger partial charge on any atom is -0.311 e. The zero-order valence-electron chi connectivity index (χ0n) is 15.4. The van der Waals surface area contributed by atoms with Gasteiger partial charge in [0.2, 0.25) is 0 Å². The van der Waals surface area contributed by atoms with Gasteiger partial charge in [-0.05, 0) is 53.9 Å². The molecule has 3 aromatic rings. The van der Waals surface area contributed by atoms with Gasteiger partial charge in [0, 0.05) is 24.0 Å². The van der Waals surface area contributed by atoms with Crippen LogP contribution in [0, 0.1) is 0 Å². The number of carbonyl (C=O) groups is 2. The zero-order chi connectivity index (χ0) is 20.5. The summed E-state index contributed by atoms with van der Waals surface area (Å²) >= 11 is 5.91. The van der Waals surface area contributed by atoms with Crippen molar-refractivity contribution in [2.45, 2.75) is 6.04 Å². The third-order valence-corrected chi connectivity index (χ3v) is 5.01. The second-order valence-electron chi connectivity index (χ2n) is 6.56. The number of fused-ring (bicyclic) bond motifs is 1. The lowest BCUT2D eigenvalue weighted by Gasteiger charge is -2.19. The van der Waals surface area contributed by atoms with Gasteiger partial charge < -0.3 is 4.90 Å². The smallest absolute Gasteiger partial charge is 0.270 e. The molecule has 0 saturated carbocycles. The van der Waals surface area contributed by atoms with Crippen LogP contribution >= 0.6 is 11.6 Å². The molecule has 7 heteroatoms. The van der Waals surface area contributed by atoms with Crippen molar-refractivity contribution >= 4 is 46.2 Å². The zero-order valence-corrected chi connectivity index (χ0v) is 16.2. The van der Waals surface area contributed by atoms with Gasteiger partial charge >= 0.3 is 0 Å². The Balaban J connectivity index is 1.86. The summed E-state index contributed by atoms with van der Waals surface area (Å²) in [5, 5.41) is 1.15. The molecule has 1 aliphatic rings. The number of amides is 1. The van der Waals surface area contributed by atoms with Gasteiger partial charge in [0.05, 0.1) is 5.52 Å². The Bertz CT molecular complexity index is 1230. The fourth-order valence-electron chi connectivity index (χ4n) is 3.22. The van der Waals surface area contributed by atoms with Crippen LogP contribution in [0.2, 0.25) is 5.02 Å². The van der Waals surface area contributed by atoms with Crippen molar-refractivity contribution in [1.82, 2.24) is 4.57 Å². The first-order valence-electron chi connectivity index (χ1n) is 8.90. The lowest BCUT2D eigenvalue weighted by atomic mass is 10.1. The SMILES string of the molecule is CN(C(=O)c1cc2ccccc2n(C(=O)C2C=CC=N2)c1=O)c1ccc(Cl)cc1. The van der Waals surface area contributed by atoms with E-state index >= 15 is 0 Å². The number of pyridine rings is 1. The van der Waals surface area contributed by atoms with Gasteiger partial charge in [-0.15, -0.1) is 0 Å². The summed E-state index contributed by atoms with van der Waals surface area (Å²) in [4.78, 5) is 44.7. The largest absolute Gasteiger partial charge is 0.311 e. The topological polar surface area (TPSA) is 71.7 Å². The Morgan fingerprint density at radius 1 is 1.10 bits per heavy atom. The number of halogens is 1. The van der Waals surface area contributed by atoms with E-state index < -0.39 is 23.4 Å². The van der Waals surface area contributed by atoms with Crippen LogP contribution in [-0.4, -0.2) is 35.7 Å². The minimum atomic E-state index is -0.782. The van der Waals surface area contributed by atoms with Gasteiger partial charge in [-0.1, -0.05) is 29.8 Å². The lowest BCUT2D eigenvalue weighted by Crippen LogP contribution is -2.39. The lowest BCUT2D eigenvalue weighted by molar-refractivity contribution is 0.0900. The highest BCUT2D eigenvalue weighted by Crippen LogP contribution is 2.20. The van der Waals surface area contributed by atoms with E-state index in [1.165, 1.54) is 17.2 Å². The number of aliphatic imine (C=N–C) groups is 1. The molecule has 0 radical (unpaired) electrons. The number of para-hydroxylation sites is 1. The van der Waals surface area contributed by atoms with E-state index in [0.717, 1.165) is 4.57 Å². The first kappa shape index (κ1) is 18.8. The second-order valence-corrected chi connectivity index (χ2v) is 7.00. The molecule has 29 heavy (non-hydrogen) atoms. The van der Waals surface area contributed by atoms with Crippen molar-refractivity contribution in [3.63, 3.8) is 0 Å². The van der Waals surface area contributed by atoms with Gasteiger partial charge in [-0.3, -0.25) is 19.4 Å². The van der Waals surface area contributed by atoms with E-state index in [1.807, 2.05) is 0 Å². The summed E-state index contributed by atoms with van der Waals surface area (Å²) in [6.45, 7) is 0. The van der Waals surface area contributed by atoms with Gasteiger partial charge in [0.1, 0.15) is 11.6 Å². The number of anilines is 1. The molecule has 0 fully saturated rings. The Morgan fingerprint density at radius 3 is 2.52 bits per heavy atom. The van der Waals surface area contributed by atoms with E-state index in [1.54, 1.807) is 67.7 Å². The standard InChI is InChI=1S/C22H16ClN3O3/c1-25(16-10-8-15(23)9-11-16)20(27)17-13-14-5-2-3-7-19(14)26(21(17)28)22(29)18-6-4-12-24-18/h2-13,18H,1H3. The summed E-state index contributed by atoms with van der Waals surface area (Å²) in [6.07, 6.45) is 4.77. The maximum Gasteiger partial charge on any atom is 0.270 e. The Hall–Kier alpha value is -3.51. The van der Waals surface area contributed by atoms with Crippen LogP contribution in [0.1, 0.15) is 15.2 Å². The number of rotatable bonds is 3. The molecule has 1 amide bonds. The molecule has 1 aromatic heterocycles. The second kappa shape index (κ2) is 7.48. The first-order chi connectivity index (χ1) is 14.0. The van der Waals surface area contributed by atoms with Crippen molar-refractivity contribution in [2.75, 3.05) is 11.9 Å². The van der Waals surface area contributed by atoms with Crippen LogP contribution in [-0.2, 0) is 0 Å². The molecule has 2 aromatic carbocycles. The molecule has 1 unspecified atom stereocenters. The Labute approximate surface area is 171 Å². The third kappa shape index (κ3) is 3.39. The van der Waals surface area contributed by atoms with Crippen molar-refractivity contribution in [3.05, 3.63) is 87.7 Å². The Kier molecular flexibility index (Phi) is 4.86. The highest BCUT2D eigenvalue weighted by molar-refractivity contribution is 6.30. The molecular weight excluding hydrogens is 390 g/mol. The van der Waals surface area contributed by atoms with E-state index in [0.29, 0.717) is 21.6 Å². The summed E-state index contributed by atoms with van der Waals surface area (Å²) in [5.74, 6) is -1.02. The molecule has 1 atom stereocenters. The van der Waals surface area contributed by atoms with Gasteiger partial charge in [0.15, 0.2) is 0 Å². The highest BCUT2D eigenvalue weighted by atomic mass is 35.5. The van der Waals surface area contributed by atoms with E-state index in [4.69, 9.17) is 11.6 Å². The van der Waals surface area contributed by atoms with Crippen molar-refractivity contribution in [2.24, 2.45) is 4.99 Å². The molecule has 0 bridgehead atoms. The first-order valence-corrected chi connectivity index (χ1v) is 9.28. The minimum absolute atomic E-state index is 0.0968. The number of carbonyl (C=O) groups excluding carboxylic acids is 2. The maximum absolute atomic E-state index is 13.2. The number of hydrogen-bond donors (Lipinski definition) is 0. The molecule has 0 N–H and O–H groups in total. The van der Waals surface area contributed by atoms with Crippen LogP contribution in [0.25, 0.3) is 10.9 Å². The van der Waals surface area contributed by atoms with Crippen molar-refractivity contribution in [3.8, 4) is 0 Å². The molecular formula is C22H16ClN3O3. The van der Waals surface area contributed by atoms with Crippen molar-refractivity contribution in [1.29, 1.82) is 0 Å². The molecule has 2 heterocycles. The maximum atomic E-state index is 13.2. The molecule has 6 nitrogen and oxygen atoms in total. The number of benzene rings is 2. The molecule has 1 aliphatic heterocycles. The quantitative estimate of drug-likeness (QED) is 0.668. The summed E-state index contributed by atoms with van der Waals surface area (Å²) < 4.78 is 1.04. The van der Waals surface area contributed by atoms with E-state index in [-0.39, 0.29) is 5.56 Å². The average molecular weight is 406 g/mol. The van der Waals surface area contributed by atoms with Crippen LogP contribution in [0.3, 0.4) is 0 Å². The van der Waals surface area contributed by atoms with Gasteiger partial charge in [-0.25, -0.2) is 4.57 Å². The molecule has 0 aliphatic carbocycles. The third-order valence-electron chi connectivity index (χ3n) is 4.76. The van der Waals surface area contributed by atoms with Crippen LogP contribution in [0.15, 0.2) is 76.5 Å². The predicted molar refractivity (Wildman–Crippen MR) is 114 cm³/mol. The monoisotopic (exact) mass is 405 g/mol. The number of nitrogens with zero attached hydrogens (tertiary/aromatic N) is 3. The molecule has 0 spiro atoms. The summed E-state index contributed by atoms with van der Waals surface area (Å²) in [7, 11) is 1.57. The fraction of sp³-hybridized carbons (Fsp3) is 0.0909. The number of allylic oxidation sites excluding steroid dienone is 1. The van der Waals surface area contributed by atoms with Gasteiger partial charge in [-0.2, -0.15) is 0 Å². The highest BCUT2D eigenvalue weighted by Gasteiger charge is 2.26. The van der Waals surface area contributed by atoms with E-state index in [9.17, 15) is 14.4 Å². The molecule has 144 valence electrons. The van der Waals surface area contributed by atoms with Crippen LogP contribution < -0.4 is 10.5 Å².